The number of aryl methyl sites for hydroxylation is 3. The van der Waals surface area contributed by atoms with Crippen molar-refractivity contribution in [3.63, 3.8) is 0 Å². The minimum absolute atomic E-state index is 0.511. The van der Waals surface area contributed by atoms with Crippen LogP contribution in [0.5, 0.6) is 0 Å². The van der Waals surface area contributed by atoms with E-state index < -0.39 is 0 Å². The van der Waals surface area contributed by atoms with Crippen molar-refractivity contribution in [1.29, 1.82) is 0 Å². The van der Waals surface area contributed by atoms with E-state index >= 15 is 0 Å². The van der Waals surface area contributed by atoms with Crippen molar-refractivity contribution in [2.75, 3.05) is 0 Å². The molecule has 0 N–H and O–H groups in total. The van der Waals surface area contributed by atoms with Crippen LogP contribution < -0.4 is 0 Å². The van der Waals surface area contributed by atoms with Crippen LogP contribution in [0.4, 0.5) is 0 Å². The van der Waals surface area contributed by atoms with Crippen LogP contribution in [0.25, 0.3) is 0 Å². The molecule has 1 atom stereocenters. The molecular weight excluding hydrogens is 218 g/mol. The fourth-order valence-electron chi connectivity index (χ4n) is 2.43. The van der Waals surface area contributed by atoms with E-state index in [1.807, 2.05) is 12.3 Å². The highest BCUT2D eigenvalue weighted by Crippen LogP contribution is 2.23. The lowest BCUT2D eigenvalue weighted by molar-refractivity contribution is 0.734. The van der Waals surface area contributed by atoms with E-state index in [0.29, 0.717) is 5.92 Å². The Labute approximate surface area is 110 Å². The lowest BCUT2D eigenvalue weighted by Crippen LogP contribution is -2.03. The van der Waals surface area contributed by atoms with Gasteiger partial charge in [-0.15, -0.1) is 0 Å². The molecule has 2 aromatic rings. The molecule has 0 radical (unpaired) electrons. The maximum atomic E-state index is 4.49. The van der Waals surface area contributed by atoms with E-state index in [9.17, 15) is 0 Å². The number of hydrogen-bond donors (Lipinski definition) is 0. The molecule has 0 spiro atoms. The van der Waals surface area contributed by atoms with Gasteiger partial charge in [-0.25, -0.2) is 0 Å². The monoisotopic (exact) mass is 239 g/mol. The predicted octanol–water partition coefficient (Wildman–Crippen LogP) is 4.35. The summed E-state index contributed by atoms with van der Waals surface area (Å²) in [4.78, 5) is 4.49. The lowest BCUT2D eigenvalue weighted by Gasteiger charge is -2.14. The smallest absolute Gasteiger partial charge is 0.0438 e. The maximum Gasteiger partial charge on any atom is 0.0438 e. The summed E-state index contributed by atoms with van der Waals surface area (Å²) in [5.74, 6) is 0.511. The van der Waals surface area contributed by atoms with Crippen LogP contribution >= 0.6 is 0 Å². The molecule has 0 saturated heterocycles. The Morgan fingerprint density at radius 2 is 1.72 bits per heavy atom. The molecule has 94 valence electrons. The Bertz CT molecular complexity index is 523. The highest BCUT2D eigenvalue weighted by Gasteiger charge is 2.10. The molecule has 0 saturated carbocycles. The normalized spacial score (nSPS) is 12.4. The van der Waals surface area contributed by atoms with Crippen molar-refractivity contribution in [2.24, 2.45) is 0 Å². The minimum atomic E-state index is 0.511. The zero-order valence-corrected chi connectivity index (χ0v) is 11.7. The van der Waals surface area contributed by atoms with Gasteiger partial charge in [0, 0.05) is 11.9 Å². The summed E-state index contributed by atoms with van der Waals surface area (Å²) >= 11 is 0. The van der Waals surface area contributed by atoms with E-state index in [1.165, 1.54) is 27.9 Å². The van der Waals surface area contributed by atoms with Gasteiger partial charge in [0.1, 0.15) is 0 Å². The van der Waals surface area contributed by atoms with Crippen LogP contribution in [0.1, 0.15) is 40.8 Å². The summed E-state index contributed by atoms with van der Waals surface area (Å²) < 4.78 is 0. The first-order chi connectivity index (χ1) is 8.56. The molecule has 1 aromatic carbocycles. The maximum absolute atomic E-state index is 4.49. The highest BCUT2D eigenvalue weighted by molar-refractivity contribution is 5.32. The fourth-order valence-corrected chi connectivity index (χ4v) is 2.43. The molecule has 1 heteroatoms. The number of rotatable bonds is 3. The molecule has 0 fully saturated rings. The van der Waals surface area contributed by atoms with Gasteiger partial charge in [0.05, 0.1) is 0 Å². The minimum Gasteiger partial charge on any atom is -0.261 e. The largest absolute Gasteiger partial charge is 0.261 e. The molecule has 0 bridgehead atoms. The van der Waals surface area contributed by atoms with Gasteiger partial charge in [-0.3, -0.25) is 4.98 Å². The van der Waals surface area contributed by atoms with E-state index in [4.69, 9.17) is 0 Å². The van der Waals surface area contributed by atoms with Gasteiger partial charge in [0.25, 0.3) is 0 Å². The Kier molecular flexibility index (Phi) is 3.81. The zero-order valence-electron chi connectivity index (χ0n) is 11.7. The van der Waals surface area contributed by atoms with E-state index in [-0.39, 0.29) is 0 Å². The van der Waals surface area contributed by atoms with Crippen molar-refractivity contribution in [3.05, 3.63) is 64.5 Å². The van der Waals surface area contributed by atoms with Gasteiger partial charge in [-0.2, -0.15) is 0 Å². The first kappa shape index (κ1) is 12.8. The number of nitrogens with zero attached hydrogens (tertiary/aromatic N) is 1. The summed E-state index contributed by atoms with van der Waals surface area (Å²) in [6.45, 7) is 8.74. The second-order valence-corrected chi connectivity index (χ2v) is 5.29. The third-order valence-electron chi connectivity index (χ3n) is 3.43. The molecule has 18 heavy (non-hydrogen) atoms. The van der Waals surface area contributed by atoms with Crippen LogP contribution in [-0.2, 0) is 6.42 Å². The Morgan fingerprint density at radius 1 is 1.06 bits per heavy atom. The summed E-state index contributed by atoms with van der Waals surface area (Å²) in [5, 5.41) is 0. The lowest BCUT2D eigenvalue weighted by atomic mass is 9.92. The van der Waals surface area contributed by atoms with Crippen LogP contribution in [0.15, 0.2) is 36.5 Å². The Morgan fingerprint density at radius 3 is 2.33 bits per heavy atom. The topological polar surface area (TPSA) is 12.9 Å². The molecule has 0 aliphatic rings. The summed E-state index contributed by atoms with van der Waals surface area (Å²) in [6.07, 6.45) is 2.89. The van der Waals surface area contributed by atoms with E-state index in [2.05, 4.69) is 56.9 Å². The third-order valence-corrected chi connectivity index (χ3v) is 3.43. The van der Waals surface area contributed by atoms with Crippen LogP contribution in [0, 0.1) is 20.8 Å². The molecule has 0 aliphatic heterocycles. The SMILES string of the molecule is Cc1cc(C)cc(C(C)Cc2ncccc2C)c1. The number of aromatic nitrogens is 1. The molecule has 0 amide bonds. The Balaban J connectivity index is 2.22. The average molecular weight is 239 g/mol. The van der Waals surface area contributed by atoms with Crippen molar-refractivity contribution in [2.45, 2.75) is 40.0 Å². The molecule has 1 heterocycles. The van der Waals surface area contributed by atoms with Crippen molar-refractivity contribution >= 4 is 0 Å². The highest BCUT2D eigenvalue weighted by atomic mass is 14.7. The average Bonchev–Trinajstić information content (AvgIpc) is 2.31. The molecule has 2 rings (SSSR count). The summed E-state index contributed by atoms with van der Waals surface area (Å²) in [5.41, 5.74) is 6.60. The van der Waals surface area contributed by atoms with Crippen molar-refractivity contribution in [1.82, 2.24) is 4.98 Å². The first-order valence-corrected chi connectivity index (χ1v) is 6.55. The predicted molar refractivity (Wildman–Crippen MR) is 77.0 cm³/mol. The Hall–Kier alpha value is -1.63. The van der Waals surface area contributed by atoms with Gasteiger partial charge in [-0.1, -0.05) is 42.3 Å². The quantitative estimate of drug-likeness (QED) is 0.775. The standard InChI is InChI=1S/C17H21N/c1-12-8-13(2)10-16(9-12)15(4)11-17-14(3)6-5-7-18-17/h5-10,15H,11H2,1-4H3. The third kappa shape index (κ3) is 2.98. The van der Waals surface area contributed by atoms with Crippen LogP contribution in [0.2, 0.25) is 0 Å². The molecule has 1 unspecified atom stereocenters. The second-order valence-electron chi connectivity index (χ2n) is 5.29. The molecule has 0 aliphatic carbocycles. The summed E-state index contributed by atoms with van der Waals surface area (Å²) in [7, 11) is 0. The van der Waals surface area contributed by atoms with Gasteiger partial charge < -0.3 is 0 Å². The van der Waals surface area contributed by atoms with Crippen molar-refractivity contribution in [3.8, 4) is 0 Å². The summed E-state index contributed by atoms with van der Waals surface area (Å²) in [6, 6.07) is 10.9. The zero-order chi connectivity index (χ0) is 13.1. The second kappa shape index (κ2) is 5.34. The fraction of sp³-hybridized carbons (Fsp3) is 0.353. The molecular formula is C17H21N. The van der Waals surface area contributed by atoms with Gasteiger partial charge in [0.2, 0.25) is 0 Å². The molecule has 1 nitrogen and oxygen atoms in total. The van der Waals surface area contributed by atoms with E-state index in [0.717, 1.165) is 6.42 Å². The van der Waals surface area contributed by atoms with E-state index in [1.54, 1.807) is 0 Å². The van der Waals surface area contributed by atoms with Crippen molar-refractivity contribution < 1.29 is 0 Å². The van der Waals surface area contributed by atoms with Gasteiger partial charge in [0.15, 0.2) is 0 Å². The number of hydrogen-bond acceptors (Lipinski definition) is 1. The number of benzene rings is 1. The van der Waals surface area contributed by atoms with Gasteiger partial charge >= 0.3 is 0 Å². The van der Waals surface area contributed by atoms with Gasteiger partial charge in [-0.05, 0) is 50.3 Å². The first-order valence-electron chi connectivity index (χ1n) is 6.55. The number of pyridine rings is 1. The van der Waals surface area contributed by atoms with Crippen LogP contribution in [-0.4, -0.2) is 4.98 Å². The van der Waals surface area contributed by atoms with Crippen LogP contribution in [0.3, 0.4) is 0 Å². The molecule has 1 aromatic heterocycles.